The minimum absolute atomic E-state index is 0.760. The number of ether oxygens (including phenoxy) is 1. The number of rotatable bonds is 6. The van der Waals surface area contributed by atoms with E-state index in [1.165, 1.54) is 11.1 Å². The summed E-state index contributed by atoms with van der Waals surface area (Å²) in [7, 11) is 1.68. The number of hydrogen-bond acceptors (Lipinski definition) is 3. The lowest BCUT2D eigenvalue weighted by molar-refractivity contribution is 0.414. The van der Waals surface area contributed by atoms with Gasteiger partial charge >= 0.3 is 0 Å². The molecule has 0 N–H and O–H groups in total. The summed E-state index contributed by atoms with van der Waals surface area (Å²) in [5.74, 6) is 0.887. The topological polar surface area (TPSA) is 39.9 Å². The smallest absolute Gasteiger partial charge is 0.118 e. The van der Waals surface area contributed by atoms with E-state index in [-0.39, 0.29) is 0 Å². The largest absolute Gasteiger partial charge is 0.497 e. The highest BCUT2D eigenvalue weighted by Crippen LogP contribution is 2.13. The minimum atomic E-state index is 0.760. The Morgan fingerprint density at radius 1 is 0.909 bits per heavy atom. The Balaban J connectivity index is 1.57. The summed E-state index contributed by atoms with van der Waals surface area (Å²) in [4.78, 5) is 0. The lowest BCUT2D eigenvalue weighted by Gasteiger charge is -2.02. The van der Waals surface area contributed by atoms with Crippen LogP contribution in [-0.2, 0) is 19.4 Å². The van der Waals surface area contributed by atoms with Gasteiger partial charge in [-0.2, -0.15) is 0 Å². The Hall–Kier alpha value is -2.62. The molecular formula is C18H19N3O. The number of nitrogens with zero attached hydrogens (tertiary/aromatic N) is 3. The molecule has 1 aromatic heterocycles. The van der Waals surface area contributed by atoms with Gasteiger partial charge in [-0.1, -0.05) is 47.7 Å². The molecule has 0 aliphatic heterocycles. The van der Waals surface area contributed by atoms with E-state index < -0.39 is 0 Å². The van der Waals surface area contributed by atoms with E-state index in [0.29, 0.717) is 0 Å². The van der Waals surface area contributed by atoms with Gasteiger partial charge in [-0.15, -0.1) is 5.10 Å². The van der Waals surface area contributed by atoms with Crippen molar-refractivity contribution >= 4 is 0 Å². The fourth-order valence-electron chi connectivity index (χ4n) is 2.37. The van der Waals surface area contributed by atoms with Gasteiger partial charge in [0, 0.05) is 6.20 Å². The normalized spacial score (nSPS) is 10.6. The fourth-order valence-corrected chi connectivity index (χ4v) is 2.37. The first-order valence-corrected chi connectivity index (χ1v) is 7.39. The van der Waals surface area contributed by atoms with Crippen molar-refractivity contribution in [3.05, 3.63) is 77.6 Å². The first-order chi connectivity index (χ1) is 10.8. The fraction of sp³-hybridized carbons (Fsp3) is 0.222. The molecule has 112 valence electrons. The summed E-state index contributed by atoms with van der Waals surface area (Å²) >= 11 is 0. The van der Waals surface area contributed by atoms with E-state index in [9.17, 15) is 0 Å². The maximum Gasteiger partial charge on any atom is 0.118 e. The average Bonchev–Trinajstić information content (AvgIpc) is 3.02. The predicted octanol–water partition coefficient (Wildman–Crippen LogP) is 3.12. The van der Waals surface area contributed by atoms with Crippen LogP contribution in [0, 0.1) is 0 Å². The van der Waals surface area contributed by atoms with Gasteiger partial charge in [-0.05, 0) is 36.1 Å². The zero-order valence-corrected chi connectivity index (χ0v) is 12.6. The lowest BCUT2D eigenvalue weighted by Crippen LogP contribution is -1.99. The molecule has 0 spiro atoms. The van der Waals surface area contributed by atoms with Gasteiger partial charge in [0.1, 0.15) is 5.75 Å². The highest BCUT2D eigenvalue weighted by atomic mass is 16.5. The number of aryl methyl sites for hydroxylation is 2. The van der Waals surface area contributed by atoms with Crippen LogP contribution in [0.15, 0.2) is 60.8 Å². The molecule has 0 amide bonds. The maximum absolute atomic E-state index is 5.17. The zero-order chi connectivity index (χ0) is 15.2. The molecule has 3 rings (SSSR count). The van der Waals surface area contributed by atoms with Crippen molar-refractivity contribution in [1.29, 1.82) is 0 Å². The third kappa shape index (κ3) is 3.73. The quantitative estimate of drug-likeness (QED) is 0.701. The van der Waals surface area contributed by atoms with Crippen LogP contribution in [0.3, 0.4) is 0 Å². The maximum atomic E-state index is 5.17. The van der Waals surface area contributed by atoms with Crippen LogP contribution in [0.1, 0.15) is 16.8 Å². The third-order valence-corrected chi connectivity index (χ3v) is 3.60. The van der Waals surface area contributed by atoms with Gasteiger partial charge in [-0.25, -0.2) is 4.68 Å². The van der Waals surface area contributed by atoms with Gasteiger partial charge < -0.3 is 4.74 Å². The summed E-state index contributed by atoms with van der Waals surface area (Å²) in [6.45, 7) is 0.760. The molecule has 0 fully saturated rings. The second-order valence-corrected chi connectivity index (χ2v) is 5.24. The van der Waals surface area contributed by atoms with E-state index in [1.54, 1.807) is 7.11 Å². The number of hydrogen-bond donors (Lipinski definition) is 0. The molecule has 0 saturated heterocycles. The Morgan fingerprint density at radius 3 is 2.41 bits per heavy atom. The summed E-state index contributed by atoms with van der Waals surface area (Å²) in [5, 5.41) is 8.45. The van der Waals surface area contributed by atoms with E-state index >= 15 is 0 Å². The van der Waals surface area contributed by atoms with E-state index in [2.05, 4.69) is 34.6 Å². The van der Waals surface area contributed by atoms with Crippen LogP contribution in [0.4, 0.5) is 0 Å². The second kappa shape index (κ2) is 6.89. The summed E-state index contributed by atoms with van der Waals surface area (Å²) < 4.78 is 7.05. The first kappa shape index (κ1) is 14.3. The molecule has 0 aliphatic rings. The number of aromatic nitrogens is 3. The molecule has 4 nitrogen and oxygen atoms in total. The molecule has 2 aromatic carbocycles. The van der Waals surface area contributed by atoms with Crippen molar-refractivity contribution < 1.29 is 4.74 Å². The molecule has 0 saturated carbocycles. The van der Waals surface area contributed by atoms with E-state index in [0.717, 1.165) is 30.8 Å². The van der Waals surface area contributed by atoms with Gasteiger partial charge in [0.15, 0.2) is 0 Å². The van der Waals surface area contributed by atoms with Gasteiger partial charge in [-0.3, -0.25) is 0 Å². The summed E-state index contributed by atoms with van der Waals surface area (Å²) in [6.07, 6.45) is 3.87. The van der Waals surface area contributed by atoms with Crippen LogP contribution in [0.5, 0.6) is 5.75 Å². The van der Waals surface area contributed by atoms with Crippen LogP contribution >= 0.6 is 0 Å². The van der Waals surface area contributed by atoms with Crippen LogP contribution < -0.4 is 4.74 Å². The monoisotopic (exact) mass is 293 g/mol. The molecule has 0 atom stereocenters. The van der Waals surface area contributed by atoms with Crippen LogP contribution in [0.2, 0.25) is 0 Å². The molecular weight excluding hydrogens is 274 g/mol. The van der Waals surface area contributed by atoms with Crippen molar-refractivity contribution in [2.75, 3.05) is 7.11 Å². The second-order valence-electron chi connectivity index (χ2n) is 5.24. The molecule has 0 bridgehead atoms. The van der Waals surface area contributed by atoms with Crippen molar-refractivity contribution in [3.63, 3.8) is 0 Å². The molecule has 0 radical (unpaired) electrons. The Bertz CT molecular complexity index is 705. The number of methoxy groups -OCH3 is 1. The Morgan fingerprint density at radius 2 is 1.68 bits per heavy atom. The average molecular weight is 293 g/mol. The standard InChI is InChI=1S/C18H19N3O/c1-22-18-11-8-15(9-12-18)7-10-17-14-21(20-19-17)13-16-5-3-2-4-6-16/h2-6,8-9,11-12,14H,7,10,13H2,1H3. The minimum Gasteiger partial charge on any atom is -0.497 e. The Kier molecular flexibility index (Phi) is 4.49. The van der Waals surface area contributed by atoms with Crippen molar-refractivity contribution in [1.82, 2.24) is 15.0 Å². The number of benzene rings is 2. The first-order valence-electron chi connectivity index (χ1n) is 7.39. The molecule has 4 heteroatoms. The summed E-state index contributed by atoms with van der Waals surface area (Å²) in [5.41, 5.74) is 3.53. The molecule has 22 heavy (non-hydrogen) atoms. The van der Waals surface area contributed by atoms with Crippen molar-refractivity contribution in [2.24, 2.45) is 0 Å². The zero-order valence-electron chi connectivity index (χ0n) is 12.6. The lowest BCUT2D eigenvalue weighted by atomic mass is 10.1. The van der Waals surface area contributed by atoms with Gasteiger partial charge in [0.25, 0.3) is 0 Å². The van der Waals surface area contributed by atoms with Crippen LogP contribution in [-0.4, -0.2) is 22.1 Å². The van der Waals surface area contributed by atoms with Gasteiger partial charge in [0.05, 0.1) is 19.3 Å². The molecule has 3 aromatic rings. The summed E-state index contributed by atoms with van der Waals surface area (Å²) in [6, 6.07) is 18.4. The Labute approximate surface area is 130 Å². The molecule has 1 heterocycles. The third-order valence-electron chi connectivity index (χ3n) is 3.60. The van der Waals surface area contributed by atoms with E-state index in [1.807, 2.05) is 41.2 Å². The molecule has 0 unspecified atom stereocenters. The van der Waals surface area contributed by atoms with Gasteiger partial charge in [0.2, 0.25) is 0 Å². The highest BCUT2D eigenvalue weighted by molar-refractivity contribution is 5.27. The predicted molar refractivity (Wildman–Crippen MR) is 86.0 cm³/mol. The van der Waals surface area contributed by atoms with Crippen molar-refractivity contribution in [2.45, 2.75) is 19.4 Å². The van der Waals surface area contributed by atoms with Crippen molar-refractivity contribution in [3.8, 4) is 5.75 Å². The highest BCUT2D eigenvalue weighted by Gasteiger charge is 2.03. The molecule has 0 aliphatic carbocycles. The van der Waals surface area contributed by atoms with E-state index in [4.69, 9.17) is 4.74 Å². The SMILES string of the molecule is COc1ccc(CCc2cn(Cc3ccccc3)nn2)cc1. The van der Waals surface area contributed by atoms with Crippen LogP contribution in [0.25, 0.3) is 0 Å².